The van der Waals surface area contributed by atoms with Crippen LogP contribution in [0.1, 0.15) is 121 Å². The fourth-order valence-corrected chi connectivity index (χ4v) is 7.01. The Morgan fingerprint density at radius 1 is 0.732 bits per heavy atom. The van der Waals surface area contributed by atoms with Crippen molar-refractivity contribution in [2.24, 2.45) is 0 Å². The molecular formula is C37H54NiO2S. The van der Waals surface area contributed by atoms with E-state index < -0.39 is 0 Å². The van der Waals surface area contributed by atoms with Crippen LogP contribution in [0.25, 0.3) is 0 Å². The predicted octanol–water partition coefficient (Wildman–Crippen LogP) is 11.1. The molecule has 0 heterocycles. The molecular weight excluding hydrogens is 567 g/mol. The number of unbranched alkanes of at least 4 members (excludes halogenated alkanes) is 4. The molecule has 2 aromatic rings. The normalized spacial score (nSPS) is 11.7. The third-order valence-corrected chi connectivity index (χ3v) is 9.42. The van der Waals surface area contributed by atoms with Gasteiger partial charge in [-0.1, -0.05) is 116 Å². The summed E-state index contributed by atoms with van der Waals surface area (Å²) in [7, 11) is 0. The maximum atomic E-state index is 11.8. The predicted molar refractivity (Wildman–Crippen MR) is 176 cm³/mol. The molecule has 0 aliphatic rings. The summed E-state index contributed by atoms with van der Waals surface area (Å²) in [6.45, 7) is 25.9. The molecule has 2 N–H and O–H groups in total. The summed E-state index contributed by atoms with van der Waals surface area (Å²) in [5.41, 5.74) is 5.58. The van der Waals surface area contributed by atoms with Crippen LogP contribution in [0.15, 0.2) is 66.0 Å². The minimum Gasteiger partial charge on any atom is -0.507 e. The molecule has 0 aliphatic carbocycles. The van der Waals surface area contributed by atoms with Crippen molar-refractivity contribution in [1.29, 1.82) is 0 Å². The van der Waals surface area contributed by atoms with Crippen molar-refractivity contribution in [3.8, 4) is 11.5 Å². The van der Waals surface area contributed by atoms with E-state index in [-0.39, 0.29) is 33.1 Å². The minimum absolute atomic E-state index is 0. The van der Waals surface area contributed by atoms with Crippen LogP contribution < -0.4 is 0 Å². The van der Waals surface area contributed by atoms with Gasteiger partial charge in [0.25, 0.3) is 0 Å². The van der Waals surface area contributed by atoms with Crippen molar-refractivity contribution in [3.05, 3.63) is 84.0 Å². The maximum Gasteiger partial charge on any atom is 0.133 e. The standard InChI is InChI=1S/C37H54O2S.Ni/c1-10-15-17-24-36(6,7)27-22-23-31(38)32(26-27)40-35-30(21-14-5)33(37(8,9)25-18-16-11-2)28(19-12-3)29(20-13-4)34(35)39;/h12-14,22-23,26,38-39H,3-5,10-11,15-21,24-25H2,1-2,6-9H3;. The molecule has 0 aliphatic heterocycles. The Balaban J connectivity index is 0.00000840. The van der Waals surface area contributed by atoms with E-state index in [1.165, 1.54) is 55.0 Å². The van der Waals surface area contributed by atoms with E-state index in [4.69, 9.17) is 0 Å². The molecule has 0 atom stereocenters. The molecule has 0 unspecified atom stereocenters. The number of hydrogen-bond donors (Lipinski definition) is 2. The Kier molecular flexibility index (Phi) is 15.6. The van der Waals surface area contributed by atoms with E-state index in [9.17, 15) is 10.2 Å². The summed E-state index contributed by atoms with van der Waals surface area (Å²) in [4.78, 5) is 1.59. The molecule has 2 rings (SSSR count). The van der Waals surface area contributed by atoms with Gasteiger partial charge in [0.1, 0.15) is 11.5 Å². The first-order chi connectivity index (χ1) is 19.0. The van der Waals surface area contributed by atoms with Crippen LogP contribution in [-0.4, -0.2) is 10.2 Å². The third-order valence-electron chi connectivity index (χ3n) is 8.23. The molecule has 0 fully saturated rings. The molecule has 41 heavy (non-hydrogen) atoms. The number of rotatable bonds is 18. The molecule has 0 bridgehead atoms. The van der Waals surface area contributed by atoms with Gasteiger partial charge in [-0.25, -0.2) is 0 Å². The number of aromatic hydroxyl groups is 2. The van der Waals surface area contributed by atoms with Crippen LogP contribution in [0, 0.1) is 0 Å². The Bertz CT molecular complexity index is 1160. The Morgan fingerprint density at radius 3 is 1.78 bits per heavy atom. The first-order valence-electron chi connectivity index (χ1n) is 15.2. The van der Waals surface area contributed by atoms with Crippen molar-refractivity contribution in [2.45, 2.75) is 133 Å². The maximum absolute atomic E-state index is 11.8. The zero-order valence-electron chi connectivity index (χ0n) is 26.5. The third kappa shape index (κ3) is 9.55. The van der Waals surface area contributed by atoms with Gasteiger partial charge in [0.2, 0.25) is 0 Å². The average Bonchev–Trinajstić information content (AvgIpc) is 2.89. The van der Waals surface area contributed by atoms with E-state index in [1.54, 1.807) is 0 Å². The Hall–Kier alpha value is -1.90. The topological polar surface area (TPSA) is 40.5 Å². The van der Waals surface area contributed by atoms with Gasteiger partial charge in [-0.2, -0.15) is 0 Å². The molecule has 0 saturated carbocycles. The molecule has 0 radical (unpaired) electrons. The molecule has 230 valence electrons. The van der Waals surface area contributed by atoms with E-state index >= 15 is 0 Å². The zero-order chi connectivity index (χ0) is 29.9. The summed E-state index contributed by atoms with van der Waals surface area (Å²) >= 11 is 1.48. The molecule has 2 nitrogen and oxygen atoms in total. The molecule has 4 heteroatoms. The van der Waals surface area contributed by atoms with Crippen LogP contribution in [0.5, 0.6) is 11.5 Å². The van der Waals surface area contributed by atoms with Crippen LogP contribution in [-0.2, 0) is 46.6 Å². The van der Waals surface area contributed by atoms with Crippen LogP contribution in [0.4, 0.5) is 0 Å². The molecule has 0 aromatic heterocycles. The SMILES string of the molecule is C=CCc1c(O)c(Sc2cc(C(C)(C)CCCCC)ccc2O)c(CC=C)c(C(C)(C)CCCCC)c1CC=C.[Ni]. The van der Waals surface area contributed by atoms with E-state index in [2.05, 4.69) is 73.4 Å². The number of hydrogen-bond acceptors (Lipinski definition) is 3. The van der Waals surface area contributed by atoms with Crippen LogP contribution in [0.3, 0.4) is 0 Å². The zero-order valence-corrected chi connectivity index (χ0v) is 28.3. The van der Waals surface area contributed by atoms with Gasteiger partial charge in [0.15, 0.2) is 0 Å². The quantitative estimate of drug-likeness (QED) is 0.0989. The molecule has 0 spiro atoms. The van der Waals surface area contributed by atoms with E-state index in [1.807, 2.05) is 24.3 Å². The number of benzene rings is 2. The van der Waals surface area contributed by atoms with Crippen molar-refractivity contribution in [2.75, 3.05) is 0 Å². The number of allylic oxidation sites excluding steroid dienone is 3. The monoisotopic (exact) mass is 620 g/mol. The fraction of sp³-hybridized carbons (Fsp3) is 0.514. The molecule has 0 amide bonds. The van der Waals surface area contributed by atoms with Gasteiger partial charge >= 0.3 is 0 Å². The van der Waals surface area contributed by atoms with Gasteiger partial charge in [0.05, 0.1) is 9.79 Å². The van der Waals surface area contributed by atoms with Gasteiger partial charge < -0.3 is 10.2 Å². The van der Waals surface area contributed by atoms with Crippen LogP contribution in [0.2, 0.25) is 0 Å². The van der Waals surface area contributed by atoms with Crippen molar-refractivity contribution < 1.29 is 26.7 Å². The Labute approximate surface area is 265 Å². The van der Waals surface area contributed by atoms with Crippen molar-refractivity contribution in [3.63, 3.8) is 0 Å². The summed E-state index contributed by atoms with van der Waals surface area (Å²) in [6.07, 6.45) is 16.9. The second-order valence-corrected chi connectivity index (χ2v) is 13.5. The molecule has 0 saturated heterocycles. The van der Waals surface area contributed by atoms with E-state index in [0.717, 1.165) is 45.7 Å². The van der Waals surface area contributed by atoms with Crippen LogP contribution >= 0.6 is 11.8 Å². The summed E-state index contributed by atoms with van der Waals surface area (Å²) in [6, 6.07) is 5.99. The summed E-state index contributed by atoms with van der Waals surface area (Å²) in [5.74, 6) is 0.532. The van der Waals surface area contributed by atoms with E-state index in [0.29, 0.717) is 25.0 Å². The number of phenols is 2. The van der Waals surface area contributed by atoms with Gasteiger partial charge in [-0.3, -0.25) is 0 Å². The second-order valence-electron chi connectivity index (χ2n) is 12.4. The first kappa shape index (κ1) is 37.1. The summed E-state index contributed by atoms with van der Waals surface area (Å²) < 4.78 is 0. The smallest absolute Gasteiger partial charge is 0.133 e. The van der Waals surface area contributed by atoms with Crippen molar-refractivity contribution >= 4 is 11.8 Å². The van der Waals surface area contributed by atoms with Gasteiger partial charge in [-0.05, 0) is 77.3 Å². The average molecular weight is 622 g/mol. The summed E-state index contributed by atoms with van der Waals surface area (Å²) in [5, 5.41) is 22.9. The second kappa shape index (κ2) is 17.3. The van der Waals surface area contributed by atoms with Crippen molar-refractivity contribution in [1.82, 2.24) is 0 Å². The molecule has 2 aromatic carbocycles. The first-order valence-corrected chi connectivity index (χ1v) is 16.0. The van der Waals surface area contributed by atoms with Gasteiger partial charge in [-0.15, -0.1) is 19.7 Å². The Morgan fingerprint density at radius 2 is 1.24 bits per heavy atom. The van der Waals surface area contributed by atoms with Gasteiger partial charge in [0, 0.05) is 22.1 Å². The minimum atomic E-state index is -0.101. The largest absolute Gasteiger partial charge is 0.507 e. The number of phenolic OH excluding ortho intramolecular Hbond substituents is 2. The fourth-order valence-electron chi connectivity index (χ4n) is 5.90.